The molecule has 2 unspecified atom stereocenters. The lowest BCUT2D eigenvalue weighted by Crippen LogP contribution is -2.34. The second-order valence-corrected chi connectivity index (χ2v) is 5.96. The molecule has 1 amide bonds. The number of halogens is 2. The van der Waals surface area contributed by atoms with Crippen LogP contribution in [0.15, 0.2) is 18.2 Å². The van der Waals surface area contributed by atoms with Crippen molar-refractivity contribution in [1.82, 2.24) is 5.32 Å². The predicted molar refractivity (Wildman–Crippen MR) is 86.1 cm³/mol. The highest BCUT2D eigenvalue weighted by molar-refractivity contribution is 6.39. The molecule has 1 saturated heterocycles. The van der Waals surface area contributed by atoms with Crippen molar-refractivity contribution in [3.63, 3.8) is 0 Å². The monoisotopic (exact) mass is 330 g/mol. The quantitative estimate of drug-likeness (QED) is 0.841. The van der Waals surface area contributed by atoms with Gasteiger partial charge in [0, 0.05) is 13.2 Å². The maximum Gasteiger partial charge on any atom is 0.238 e. The lowest BCUT2D eigenvalue weighted by Gasteiger charge is -2.17. The molecule has 2 atom stereocenters. The van der Waals surface area contributed by atoms with Crippen LogP contribution >= 0.6 is 23.2 Å². The molecule has 1 heterocycles. The molecule has 21 heavy (non-hydrogen) atoms. The fourth-order valence-electron chi connectivity index (χ4n) is 2.55. The Balaban J connectivity index is 1.77. The minimum Gasteiger partial charge on any atom is -0.378 e. The number of anilines is 1. The normalized spacial score (nSPS) is 21.5. The summed E-state index contributed by atoms with van der Waals surface area (Å²) >= 11 is 12.0. The van der Waals surface area contributed by atoms with Crippen LogP contribution in [-0.4, -0.2) is 31.7 Å². The van der Waals surface area contributed by atoms with Gasteiger partial charge in [-0.05, 0) is 30.9 Å². The van der Waals surface area contributed by atoms with Crippen LogP contribution in [0.4, 0.5) is 5.69 Å². The smallest absolute Gasteiger partial charge is 0.238 e. The summed E-state index contributed by atoms with van der Waals surface area (Å²) in [6.07, 6.45) is 2.36. The first-order chi connectivity index (χ1) is 10.1. The van der Waals surface area contributed by atoms with Crippen molar-refractivity contribution in [2.45, 2.75) is 25.9 Å². The number of ether oxygens (including phenoxy) is 1. The van der Waals surface area contributed by atoms with Gasteiger partial charge in [0.2, 0.25) is 5.91 Å². The largest absolute Gasteiger partial charge is 0.378 e. The van der Waals surface area contributed by atoms with Crippen LogP contribution in [0, 0.1) is 5.92 Å². The third-order valence-electron chi connectivity index (χ3n) is 3.67. The molecule has 0 radical (unpaired) electrons. The second kappa shape index (κ2) is 7.99. The van der Waals surface area contributed by atoms with Crippen molar-refractivity contribution in [3.8, 4) is 0 Å². The van der Waals surface area contributed by atoms with Crippen LogP contribution in [0.1, 0.15) is 19.8 Å². The zero-order chi connectivity index (χ0) is 15.2. The molecule has 6 heteroatoms. The highest BCUT2D eigenvalue weighted by Gasteiger charge is 2.26. The lowest BCUT2D eigenvalue weighted by molar-refractivity contribution is -0.115. The summed E-state index contributed by atoms with van der Waals surface area (Å²) in [5.41, 5.74) is 0.461. The Morgan fingerprint density at radius 1 is 1.38 bits per heavy atom. The molecule has 1 fully saturated rings. The standard InChI is InChI=1S/C15H20Cl2N2O2/c1-2-13-10(6-7-21-13)8-18-9-14(20)19-15-11(16)4-3-5-12(15)17/h3-5,10,13,18H,2,6-9H2,1H3,(H,19,20). The zero-order valence-corrected chi connectivity index (χ0v) is 13.5. The number of nitrogens with one attached hydrogen (secondary N) is 2. The lowest BCUT2D eigenvalue weighted by atomic mass is 10.00. The number of hydrogen-bond acceptors (Lipinski definition) is 3. The van der Waals surface area contributed by atoms with Gasteiger partial charge in [-0.15, -0.1) is 0 Å². The average molecular weight is 331 g/mol. The van der Waals surface area contributed by atoms with Crippen LogP contribution in [0.25, 0.3) is 0 Å². The van der Waals surface area contributed by atoms with Gasteiger partial charge < -0.3 is 15.4 Å². The van der Waals surface area contributed by atoms with Crippen molar-refractivity contribution in [3.05, 3.63) is 28.2 Å². The van der Waals surface area contributed by atoms with E-state index in [4.69, 9.17) is 27.9 Å². The Labute approximate surface area is 135 Å². The summed E-state index contributed by atoms with van der Waals surface area (Å²) in [5.74, 6) is 0.323. The minimum atomic E-state index is -0.156. The summed E-state index contributed by atoms with van der Waals surface area (Å²) in [7, 11) is 0. The van der Waals surface area contributed by atoms with E-state index in [9.17, 15) is 4.79 Å². The molecule has 0 bridgehead atoms. The molecule has 116 valence electrons. The summed E-state index contributed by atoms with van der Waals surface area (Å²) in [5, 5.41) is 6.78. The minimum absolute atomic E-state index is 0.156. The fraction of sp³-hybridized carbons (Fsp3) is 0.533. The summed E-state index contributed by atoms with van der Waals surface area (Å²) < 4.78 is 5.62. The number of rotatable bonds is 6. The van der Waals surface area contributed by atoms with Gasteiger partial charge in [0.1, 0.15) is 0 Å². The van der Waals surface area contributed by atoms with Crippen molar-refractivity contribution in [2.24, 2.45) is 5.92 Å². The molecule has 1 aliphatic heterocycles. The van der Waals surface area contributed by atoms with E-state index in [1.807, 2.05) is 0 Å². The molecule has 0 saturated carbocycles. The Bertz CT molecular complexity index is 476. The van der Waals surface area contributed by atoms with Gasteiger partial charge in [-0.3, -0.25) is 4.79 Å². The van der Waals surface area contributed by atoms with Crippen molar-refractivity contribution in [2.75, 3.05) is 25.0 Å². The average Bonchev–Trinajstić information content (AvgIpc) is 2.90. The molecule has 4 nitrogen and oxygen atoms in total. The van der Waals surface area contributed by atoms with Crippen molar-refractivity contribution in [1.29, 1.82) is 0 Å². The first-order valence-electron chi connectivity index (χ1n) is 7.18. The summed E-state index contributed by atoms with van der Waals surface area (Å²) in [6.45, 7) is 3.94. The molecule has 2 N–H and O–H groups in total. The first-order valence-corrected chi connectivity index (χ1v) is 7.93. The van der Waals surface area contributed by atoms with E-state index < -0.39 is 0 Å². The molecule has 2 rings (SSSR count). The maximum atomic E-state index is 11.9. The van der Waals surface area contributed by atoms with E-state index in [0.717, 1.165) is 26.0 Å². The van der Waals surface area contributed by atoms with Crippen LogP contribution in [0.5, 0.6) is 0 Å². The number of carbonyl (C=O) groups excluding carboxylic acids is 1. The van der Waals surface area contributed by atoms with Gasteiger partial charge >= 0.3 is 0 Å². The Hall–Kier alpha value is -0.810. The molecule has 1 aliphatic rings. The van der Waals surface area contributed by atoms with Crippen LogP contribution in [0.2, 0.25) is 10.0 Å². The van der Waals surface area contributed by atoms with Crippen LogP contribution in [-0.2, 0) is 9.53 Å². The van der Waals surface area contributed by atoms with E-state index in [-0.39, 0.29) is 12.5 Å². The highest BCUT2D eigenvalue weighted by Crippen LogP contribution is 2.29. The van der Waals surface area contributed by atoms with Crippen molar-refractivity contribution < 1.29 is 9.53 Å². The Kier molecular flexibility index (Phi) is 6.30. The highest BCUT2D eigenvalue weighted by atomic mass is 35.5. The number of carbonyl (C=O) groups is 1. The zero-order valence-electron chi connectivity index (χ0n) is 12.0. The molecular weight excluding hydrogens is 311 g/mol. The van der Waals surface area contributed by atoms with Crippen LogP contribution < -0.4 is 10.6 Å². The van der Waals surface area contributed by atoms with Gasteiger partial charge in [0.25, 0.3) is 0 Å². The Morgan fingerprint density at radius 2 is 2.10 bits per heavy atom. The van der Waals surface area contributed by atoms with E-state index in [1.165, 1.54) is 0 Å². The van der Waals surface area contributed by atoms with Gasteiger partial charge in [0.15, 0.2) is 0 Å². The number of para-hydroxylation sites is 1. The van der Waals surface area contributed by atoms with Crippen molar-refractivity contribution >= 4 is 34.8 Å². The summed E-state index contributed by atoms with van der Waals surface area (Å²) in [4.78, 5) is 11.9. The van der Waals surface area contributed by atoms with E-state index in [0.29, 0.717) is 27.8 Å². The number of hydrogen-bond donors (Lipinski definition) is 2. The van der Waals surface area contributed by atoms with Gasteiger partial charge in [-0.1, -0.05) is 36.2 Å². The fourth-order valence-corrected chi connectivity index (χ4v) is 3.04. The molecule has 1 aromatic carbocycles. The molecule has 0 aliphatic carbocycles. The number of benzene rings is 1. The van der Waals surface area contributed by atoms with E-state index in [1.54, 1.807) is 18.2 Å². The predicted octanol–water partition coefficient (Wildman–Crippen LogP) is 3.34. The van der Waals surface area contributed by atoms with Gasteiger partial charge in [-0.2, -0.15) is 0 Å². The maximum absolute atomic E-state index is 11.9. The number of amides is 1. The third-order valence-corrected chi connectivity index (χ3v) is 4.30. The topological polar surface area (TPSA) is 50.4 Å². The molecule has 0 spiro atoms. The second-order valence-electron chi connectivity index (χ2n) is 5.14. The first kappa shape index (κ1) is 16.6. The van der Waals surface area contributed by atoms with Gasteiger partial charge in [0.05, 0.1) is 28.4 Å². The molecule has 0 aromatic heterocycles. The molecular formula is C15H20Cl2N2O2. The van der Waals surface area contributed by atoms with Crippen LogP contribution in [0.3, 0.4) is 0 Å². The summed E-state index contributed by atoms with van der Waals surface area (Å²) in [6, 6.07) is 5.12. The Morgan fingerprint density at radius 3 is 2.76 bits per heavy atom. The molecule has 1 aromatic rings. The van der Waals surface area contributed by atoms with Gasteiger partial charge in [-0.25, -0.2) is 0 Å². The van der Waals surface area contributed by atoms with E-state index >= 15 is 0 Å². The third kappa shape index (κ3) is 4.58. The SMILES string of the molecule is CCC1OCCC1CNCC(=O)Nc1c(Cl)cccc1Cl. The van der Waals surface area contributed by atoms with E-state index in [2.05, 4.69) is 17.6 Å².